The van der Waals surface area contributed by atoms with Gasteiger partial charge in [-0.05, 0) is 47.6 Å². The maximum absolute atomic E-state index is 11.0. The van der Waals surface area contributed by atoms with Gasteiger partial charge in [0, 0.05) is 24.4 Å². The molecule has 0 aliphatic heterocycles. The average Bonchev–Trinajstić information content (AvgIpc) is 2.66. The molecule has 0 aliphatic rings. The van der Waals surface area contributed by atoms with Crippen molar-refractivity contribution in [1.29, 1.82) is 0 Å². The molecule has 0 fully saturated rings. The number of nitro benzene ring substituents is 1. The summed E-state index contributed by atoms with van der Waals surface area (Å²) in [6.45, 7) is 7.45. The number of rotatable bonds is 9. The Morgan fingerprint density at radius 2 is 1.65 bits per heavy atom. The van der Waals surface area contributed by atoms with Crippen LogP contribution in [0.2, 0.25) is 0 Å². The van der Waals surface area contributed by atoms with Gasteiger partial charge in [-0.1, -0.05) is 57.5 Å². The highest BCUT2D eigenvalue weighted by molar-refractivity contribution is 5.91. The van der Waals surface area contributed by atoms with Crippen molar-refractivity contribution in [1.82, 2.24) is 5.32 Å². The summed E-state index contributed by atoms with van der Waals surface area (Å²) in [4.78, 5) is 10.6. The van der Waals surface area contributed by atoms with E-state index in [1.807, 2.05) is 18.2 Å². The second-order valence-corrected chi connectivity index (χ2v) is 6.58. The van der Waals surface area contributed by atoms with Gasteiger partial charge in [-0.3, -0.25) is 10.1 Å². The zero-order valence-electron chi connectivity index (χ0n) is 15.9. The van der Waals surface area contributed by atoms with Gasteiger partial charge in [-0.2, -0.15) is 0 Å². The first-order chi connectivity index (χ1) is 12.6. The number of nitro groups is 1. The summed E-state index contributed by atoms with van der Waals surface area (Å²) in [6, 6.07) is 17.3. The van der Waals surface area contributed by atoms with Gasteiger partial charge in [0.15, 0.2) is 0 Å². The molecular formula is C22H28N2O2. The third-order valence-electron chi connectivity index (χ3n) is 4.49. The van der Waals surface area contributed by atoms with E-state index in [0.29, 0.717) is 5.92 Å². The Hall–Kier alpha value is -2.62. The molecule has 0 radical (unpaired) electrons. The van der Waals surface area contributed by atoms with Crippen LogP contribution in [0.5, 0.6) is 0 Å². The molecule has 0 amide bonds. The number of allylic oxidation sites excluding steroid dienone is 1. The summed E-state index contributed by atoms with van der Waals surface area (Å²) in [6.07, 6.45) is 3.22. The molecule has 2 aromatic carbocycles. The van der Waals surface area contributed by atoms with Crippen LogP contribution in [-0.4, -0.2) is 11.5 Å². The lowest BCUT2D eigenvalue weighted by atomic mass is 9.87. The van der Waals surface area contributed by atoms with Crippen LogP contribution in [0.1, 0.15) is 51.2 Å². The zero-order valence-corrected chi connectivity index (χ0v) is 15.9. The fourth-order valence-electron chi connectivity index (χ4n) is 3.22. The lowest BCUT2D eigenvalue weighted by molar-refractivity contribution is -0.384. The van der Waals surface area contributed by atoms with Crippen molar-refractivity contribution in [3.8, 4) is 0 Å². The number of hydrogen-bond donors (Lipinski definition) is 1. The maximum atomic E-state index is 11.0. The minimum atomic E-state index is -0.357. The summed E-state index contributed by atoms with van der Waals surface area (Å²) in [7, 11) is 0. The number of benzene rings is 2. The normalized spacial score (nSPS) is 13.0. The van der Waals surface area contributed by atoms with Crippen LogP contribution in [0.4, 0.5) is 5.69 Å². The van der Waals surface area contributed by atoms with Crippen LogP contribution in [-0.2, 0) is 0 Å². The summed E-state index contributed by atoms with van der Waals surface area (Å²) >= 11 is 0. The molecule has 2 aromatic rings. The Balaban J connectivity index is 2.60. The highest BCUT2D eigenvalue weighted by Gasteiger charge is 2.18. The second-order valence-electron chi connectivity index (χ2n) is 6.58. The number of nitrogens with zero attached hydrogens (tertiary/aromatic N) is 1. The van der Waals surface area contributed by atoms with E-state index in [9.17, 15) is 10.1 Å². The molecule has 0 saturated heterocycles. The summed E-state index contributed by atoms with van der Waals surface area (Å²) in [5, 5.41) is 14.6. The summed E-state index contributed by atoms with van der Waals surface area (Å²) in [5.41, 5.74) is 4.66. The van der Waals surface area contributed by atoms with E-state index in [1.165, 1.54) is 11.1 Å². The van der Waals surface area contributed by atoms with Crippen LogP contribution in [0.15, 0.2) is 54.6 Å². The van der Waals surface area contributed by atoms with Crippen LogP contribution in [0.25, 0.3) is 11.3 Å². The van der Waals surface area contributed by atoms with Crippen molar-refractivity contribution in [2.24, 2.45) is 5.92 Å². The Labute approximate surface area is 156 Å². The van der Waals surface area contributed by atoms with Crippen LogP contribution < -0.4 is 5.32 Å². The van der Waals surface area contributed by atoms with Gasteiger partial charge < -0.3 is 5.32 Å². The molecule has 4 nitrogen and oxygen atoms in total. The van der Waals surface area contributed by atoms with E-state index < -0.39 is 0 Å². The third kappa shape index (κ3) is 4.94. The Morgan fingerprint density at radius 1 is 1.00 bits per heavy atom. The van der Waals surface area contributed by atoms with E-state index in [0.717, 1.165) is 37.1 Å². The van der Waals surface area contributed by atoms with E-state index in [-0.39, 0.29) is 10.6 Å². The van der Waals surface area contributed by atoms with Gasteiger partial charge in [0.25, 0.3) is 5.69 Å². The van der Waals surface area contributed by atoms with Crippen molar-refractivity contribution < 1.29 is 4.92 Å². The molecule has 2 rings (SSSR count). The maximum Gasteiger partial charge on any atom is 0.269 e. The smallest absolute Gasteiger partial charge is 0.269 e. The lowest BCUT2D eigenvalue weighted by Gasteiger charge is -2.23. The predicted molar refractivity (Wildman–Crippen MR) is 109 cm³/mol. The van der Waals surface area contributed by atoms with Gasteiger partial charge in [0.1, 0.15) is 0 Å². The topological polar surface area (TPSA) is 55.2 Å². The van der Waals surface area contributed by atoms with Gasteiger partial charge in [0.05, 0.1) is 4.92 Å². The molecule has 0 heterocycles. The van der Waals surface area contributed by atoms with E-state index >= 15 is 0 Å². The standard InChI is InChI=1S/C22H28N2O2/c1-4-9-17(3)21(18-10-7-6-8-11-18)22(23-16-5-2)19-12-14-20(15-13-19)24(25)26/h6-8,10-15,17,23H,4-5,9,16H2,1-3H3. The van der Waals surface area contributed by atoms with Crippen LogP contribution >= 0.6 is 0 Å². The first-order valence-electron chi connectivity index (χ1n) is 9.36. The van der Waals surface area contributed by atoms with Crippen LogP contribution in [0.3, 0.4) is 0 Å². The summed E-state index contributed by atoms with van der Waals surface area (Å²) < 4.78 is 0. The highest BCUT2D eigenvalue weighted by Crippen LogP contribution is 2.33. The molecule has 0 saturated carbocycles. The van der Waals surface area contributed by atoms with Gasteiger partial charge in [-0.25, -0.2) is 0 Å². The molecular weight excluding hydrogens is 324 g/mol. The van der Waals surface area contributed by atoms with Crippen molar-refractivity contribution >= 4 is 17.0 Å². The summed E-state index contributed by atoms with van der Waals surface area (Å²) in [5.74, 6) is 0.386. The van der Waals surface area contributed by atoms with Crippen molar-refractivity contribution in [3.63, 3.8) is 0 Å². The lowest BCUT2D eigenvalue weighted by Crippen LogP contribution is -2.17. The average molecular weight is 352 g/mol. The largest absolute Gasteiger partial charge is 0.384 e. The van der Waals surface area contributed by atoms with Crippen molar-refractivity contribution in [2.75, 3.05) is 6.54 Å². The minimum absolute atomic E-state index is 0.117. The molecule has 138 valence electrons. The predicted octanol–water partition coefficient (Wildman–Crippen LogP) is 5.90. The Morgan fingerprint density at radius 3 is 2.19 bits per heavy atom. The molecule has 0 spiro atoms. The minimum Gasteiger partial charge on any atom is -0.384 e. The number of non-ortho nitro benzene ring substituents is 1. The van der Waals surface area contributed by atoms with Crippen LogP contribution in [0, 0.1) is 16.0 Å². The number of hydrogen-bond acceptors (Lipinski definition) is 3. The zero-order chi connectivity index (χ0) is 18.9. The first kappa shape index (κ1) is 19.7. The second kappa shape index (κ2) is 9.76. The Kier molecular flexibility index (Phi) is 7.39. The fourth-order valence-corrected chi connectivity index (χ4v) is 3.22. The molecule has 0 aromatic heterocycles. The molecule has 1 atom stereocenters. The van der Waals surface area contributed by atoms with Crippen molar-refractivity contribution in [2.45, 2.75) is 40.0 Å². The Bertz CT molecular complexity index is 736. The van der Waals surface area contributed by atoms with E-state index in [2.05, 4.69) is 50.4 Å². The van der Waals surface area contributed by atoms with E-state index in [4.69, 9.17) is 0 Å². The number of nitrogens with one attached hydrogen (secondary N) is 1. The SMILES string of the molecule is CCCNC(=C(c1ccccc1)C(C)CCC)c1ccc([N+](=O)[O-])cc1. The van der Waals surface area contributed by atoms with Gasteiger partial charge in [0.2, 0.25) is 0 Å². The molecule has 0 aliphatic carbocycles. The molecule has 1 N–H and O–H groups in total. The molecule has 26 heavy (non-hydrogen) atoms. The molecule has 1 unspecified atom stereocenters. The van der Waals surface area contributed by atoms with E-state index in [1.54, 1.807) is 12.1 Å². The monoisotopic (exact) mass is 352 g/mol. The van der Waals surface area contributed by atoms with Gasteiger partial charge in [-0.15, -0.1) is 0 Å². The first-order valence-corrected chi connectivity index (χ1v) is 9.36. The third-order valence-corrected chi connectivity index (χ3v) is 4.49. The van der Waals surface area contributed by atoms with Crippen molar-refractivity contribution in [3.05, 3.63) is 75.8 Å². The quantitative estimate of drug-likeness (QED) is 0.347. The molecule has 4 heteroatoms. The van der Waals surface area contributed by atoms with Gasteiger partial charge >= 0.3 is 0 Å². The highest BCUT2D eigenvalue weighted by atomic mass is 16.6. The molecule has 0 bridgehead atoms. The fraction of sp³-hybridized carbons (Fsp3) is 0.364.